The first-order chi connectivity index (χ1) is 11.7. The molecule has 0 unspecified atom stereocenters. The van der Waals surface area contributed by atoms with Crippen molar-refractivity contribution < 1.29 is 9.59 Å². The Balaban J connectivity index is 1.44. The standard InChI is InChI=1S/C20H24N2O2/c23-19(10-9-15-5-2-1-3-6-15)21-12-16-11-17(14-21)18-7-4-8-20(24)22(18)13-16/h1-3,5-6,9-10,16-18H,4,7-8,11-14H2/b10-9+/t16-,17-,18-/m0/s1. The molecule has 0 N–H and O–H groups in total. The number of benzene rings is 1. The Bertz CT molecular complexity index is 655. The van der Waals surface area contributed by atoms with Crippen LogP contribution in [0.25, 0.3) is 6.08 Å². The predicted molar refractivity (Wildman–Crippen MR) is 93.0 cm³/mol. The van der Waals surface area contributed by atoms with Gasteiger partial charge in [-0.15, -0.1) is 0 Å². The van der Waals surface area contributed by atoms with E-state index in [-0.39, 0.29) is 5.91 Å². The highest BCUT2D eigenvalue weighted by molar-refractivity contribution is 5.92. The third-order valence-electron chi connectivity index (χ3n) is 5.71. The van der Waals surface area contributed by atoms with Gasteiger partial charge in [-0.05, 0) is 42.7 Å². The van der Waals surface area contributed by atoms with Gasteiger partial charge in [0.1, 0.15) is 0 Å². The van der Waals surface area contributed by atoms with Crippen molar-refractivity contribution in [3.05, 3.63) is 42.0 Å². The number of fused-ring (bicyclic) bond motifs is 4. The number of carbonyl (C=O) groups excluding carboxylic acids is 2. The number of hydrogen-bond donors (Lipinski definition) is 0. The number of rotatable bonds is 2. The summed E-state index contributed by atoms with van der Waals surface area (Å²) in [5.74, 6) is 1.32. The number of likely N-dealkylation sites (tertiary alicyclic amines) is 1. The Morgan fingerprint density at radius 3 is 2.79 bits per heavy atom. The summed E-state index contributed by atoms with van der Waals surface area (Å²) in [4.78, 5) is 28.9. The molecule has 2 bridgehead atoms. The SMILES string of the molecule is O=C(/C=C/c1ccccc1)N1C[C@@H]2C[C@@H](C1)[C@@H]1CCCC(=O)N1C2. The first kappa shape index (κ1) is 15.4. The van der Waals surface area contributed by atoms with Crippen LogP contribution in [0.4, 0.5) is 0 Å². The Morgan fingerprint density at radius 1 is 1.12 bits per heavy atom. The summed E-state index contributed by atoms with van der Waals surface area (Å²) in [6.45, 7) is 2.42. The lowest BCUT2D eigenvalue weighted by atomic mass is 9.76. The molecule has 3 aliphatic rings. The molecule has 0 aromatic heterocycles. The van der Waals surface area contributed by atoms with Gasteiger partial charge in [0.15, 0.2) is 0 Å². The zero-order valence-corrected chi connectivity index (χ0v) is 13.9. The monoisotopic (exact) mass is 324 g/mol. The molecule has 4 rings (SSSR count). The molecule has 4 nitrogen and oxygen atoms in total. The van der Waals surface area contributed by atoms with Gasteiger partial charge >= 0.3 is 0 Å². The van der Waals surface area contributed by atoms with Gasteiger partial charge in [-0.2, -0.15) is 0 Å². The highest BCUT2D eigenvalue weighted by Gasteiger charge is 2.44. The summed E-state index contributed by atoms with van der Waals surface area (Å²) in [5.41, 5.74) is 1.05. The van der Waals surface area contributed by atoms with E-state index in [2.05, 4.69) is 4.90 Å². The molecule has 2 amide bonds. The minimum Gasteiger partial charge on any atom is -0.339 e. The minimum atomic E-state index is 0.101. The molecule has 3 aliphatic heterocycles. The number of carbonyl (C=O) groups is 2. The van der Waals surface area contributed by atoms with Gasteiger partial charge in [-0.25, -0.2) is 0 Å². The molecule has 126 valence electrons. The van der Waals surface area contributed by atoms with Crippen molar-refractivity contribution in [2.24, 2.45) is 11.8 Å². The molecule has 4 heteroatoms. The fourth-order valence-corrected chi connectivity index (χ4v) is 4.63. The third kappa shape index (κ3) is 2.97. The number of amides is 2. The highest BCUT2D eigenvalue weighted by Crippen LogP contribution is 2.37. The maximum Gasteiger partial charge on any atom is 0.246 e. The van der Waals surface area contributed by atoms with Crippen LogP contribution < -0.4 is 0 Å². The van der Waals surface area contributed by atoms with E-state index in [4.69, 9.17) is 0 Å². The van der Waals surface area contributed by atoms with E-state index in [1.165, 1.54) is 6.42 Å². The Morgan fingerprint density at radius 2 is 1.96 bits per heavy atom. The molecule has 24 heavy (non-hydrogen) atoms. The van der Waals surface area contributed by atoms with Gasteiger partial charge in [-0.3, -0.25) is 9.59 Å². The van der Waals surface area contributed by atoms with E-state index in [1.807, 2.05) is 41.3 Å². The van der Waals surface area contributed by atoms with Gasteiger partial charge in [0.05, 0.1) is 0 Å². The van der Waals surface area contributed by atoms with Gasteiger partial charge in [0.25, 0.3) is 0 Å². The highest BCUT2D eigenvalue weighted by atomic mass is 16.2. The summed E-state index contributed by atoms with van der Waals surface area (Å²) in [6.07, 6.45) is 7.57. The van der Waals surface area contributed by atoms with E-state index in [0.717, 1.165) is 38.0 Å². The Hall–Kier alpha value is -2.10. The normalized spacial score (nSPS) is 29.7. The van der Waals surface area contributed by atoms with Crippen LogP contribution in [0.3, 0.4) is 0 Å². The summed E-state index contributed by atoms with van der Waals surface area (Å²) in [5, 5.41) is 0. The van der Waals surface area contributed by atoms with Crippen molar-refractivity contribution in [2.45, 2.75) is 31.7 Å². The van der Waals surface area contributed by atoms with Crippen molar-refractivity contribution in [1.82, 2.24) is 9.80 Å². The number of piperidine rings is 3. The molecule has 3 fully saturated rings. The lowest BCUT2D eigenvalue weighted by Crippen LogP contribution is -2.61. The molecule has 1 aromatic carbocycles. The summed E-state index contributed by atoms with van der Waals surface area (Å²) in [6, 6.07) is 10.3. The molecule has 0 spiro atoms. The van der Waals surface area contributed by atoms with Crippen LogP contribution in [0.2, 0.25) is 0 Å². The molecule has 0 aliphatic carbocycles. The van der Waals surface area contributed by atoms with Crippen LogP contribution in [-0.4, -0.2) is 47.3 Å². The van der Waals surface area contributed by atoms with Crippen molar-refractivity contribution in [2.75, 3.05) is 19.6 Å². The topological polar surface area (TPSA) is 40.6 Å². The quantitative estimate of drug-likeness (QED) is 0.785. The predicted octanol–water partition coefficient (Wildman–Crippen LogP) is 2.56. The van der Waals surface area contributed by atoms with E-state index in [1.54, 1.807) is 6.08 Å². The molecule has 3 atom stereocenters. The second-order valence-electron chi connectivity index (χ2n) is 7.35. The number of hydrogen-bond acceptors (Lipinski definition) is 2. The Kier molecular flexibility index (Phi) is 4.13. The average molecular weight is 324 g/mol. The first-order valence-corrected chi connectivity index (χ1v) is 9.02. The zero-order valence-electron chi connectivity index (χ0n) is 13.9. The molecule has 3 saturated heterocycles. The van der Waals surface area contributed by atoms with E-state index in [9.17, 15) is 9.59 Å². The maximum atomic E-state index is 12.6. The van der Waals surface area contributed by atoms with Crippen molar-refractivity contribution in [3.8, 4) is 0 Å². The second kappa shape index (κ2) is 6.42. The minimum absolute atomic E-state index is 0.101. The van der Waals surface area contributed by atoms with Crippen LogP contribution in [0.1, 0.15) is 31.2 Å². The van der Waals surface area contributed by atoms with Gasteiger partial charge in [0.2, 0.25) is 11.8 Å². The Labute approximate surface area is 143 Å². The number of nitrogens with zero attached hydrogens (tertiary/aromatic N) is 2. The fraction of sp³-hybridized carbons (Fsp3) is 0.500. The van der Waals surface area contributed by atoms with E-state index in [0.29, 0.717) is 30.2 Å². The summed E-state index contributed by atoms with van der Waals surface area (Å²) >= 11 is 0. The fourth-order valence-electron chi connectivity index (χ4n) is 4.63. The van der Waals surface area contributed by atoms with Gasteiger partial charge in [-0.1, -0.05) is 30.3 Å². The molecular formula is C20H24N2O2. The molecular weight excluding hydrogens is 300 g/mol. The maximum absolute atomic E-state index is 12.6. The van der Waals surface area contributed by atoms with Crippen LogP contribution in [0.15, 0.2) is 36.4 Å². The van der Waals surface area contributed by atoms with Crippen LogP contribution >= 0.6 is 0 Å². The molecule has 0 radical (unpaired) electrons. The summed E-state index contributed by atoms with van der Waals surface area (Å²) < 4.78 is 0. The largest absolute Gasteiger partial charge is 0.339 e. The van der Waals surface area contributed by atoms with Crippen LogP contribution in [-0.2, 0) is 9.59 Å². The second-order valence-corrected chi connectivity index (χ2v) is 7.35. The molecule has 0 saturated carbocycles. The van der Waals surface area contributed by atoms with Gasteiger partial charge in [0, 0.05) is 38.2 Å². The summed E-state index contributed by atoms with van der Waals surface area (Å²) in [7, 11) is 0. The smallest absolute Gasteiger partial charge is 0.246 e. The van der Waals surface area contributed by atoms with Crippen molar-refractivity contribution in [1.29, 1.82) is 0 Å². The zero-order chi connectivity index (χ0) is 16.5. The van der Waals surface area contributed by atoms with Crippen LogP contribution in [0.5, 0.6) is 0 Å². The van der Waals surface area contributed by atoms with Crippen LogP contribution in [0, 0.1) is 11.8 Å². The lowest BCUT2D eigenvalue weighted by Gasteiger charge is -2.52. The molecule has 1 aromatic rings. The van der Waals surface area contributed by atoms with E-state index >= 15 is 0 Å². The first-order valence-electron chi connectivity index (χ1n) is 9.02. The van der Waals surface area contributed by atoms with Crippen molar-refractivity contribution in [3.63, 3.8) is 0 Å². The average Bonchev–Trinajstić information content (AvgIpc) is 2.61. The van der Waals surface area contributed by atoms with E-state index < -0.39 is 0 Å². The lowest BCUT2D eigenvalue weighted by molar-refractivity contribution is -0.147. The van der Waals surface area contributed by atoms with Crippen molar-refractivity contribution >= 4 is 17.9 Å². The van der Waals surface area contributed by atoms with Gasteiger partial charge < -0.3 is 9.80 Å². The third-order valence-corrected chi connectivity index (χ3v) is 5.71. The molecule has 3 heterocycles.